The van der Waals surface area contributed by atoms with E-state index in [0.717, 1.165) is 22.3 Å². The second kappa shape index (κ2) is 8.40. The number of hydrogen-bond acceptors (Lipinski definition) is 4. The zero-order chi connectivity index (χ0) is 25.0. The Labute approximate surface area is 211 Å². The molecule has 2 amide bonds. The van der Waals surface area contributed by atoms with Gasteiger partial charge in [0.05, 0.1) is 19.8 Å². The van der Waals surface area contributed by atoms with Crippen molar-refractivity contribution in [3.63, 3.8) is 0 Å². The topological polar surface area (TPSA) is 59.1 Å². The lowest BCUT2D eigenvalue weighted by atomic mass is 9.73. The van der Waals surface area contributed by atoms with Gasteiger partial charge in [-0.1, -0.05) is 60.2 Å². The molecule has 3 unspecified atom stereocenters. The molecule has 3 aliphatic heterocycles. The van der Waals surface area contributed by atoms with Crippen LogP contribution in [-0.2, 0) is 16.1 Å². The molecule has 6 heteroatoms. The van der Waals surface area contributed by atoms with Gasteiger partial charge in [-0.25, -0.2) is 0 Å². The van der Waals surface area contributed by atoms with Crippen molar-refractivity contribution in [2.24, 2.45) is 5.92 Å². The number of piperazine rings is 1. The molecule has 36 heavy (non-hydrogen) atoms. The van der Waals surface area contributed by atoms with E-state index in [0.29, 0.717) is 24.7 Å². The van der Waals surface area contributed by atoms with Gasteiger partial charge in [0.1, 0.15) is 23.6 Å². The number of fused-ring (bicyclic) bond motifs is 5. The van der Waals surface area contributed by atoms with E-state index >= 15 is 0 Å². The van der Waals surface area contributed by atoms with Gasteiger partial charge in [-0.3, -0.25) is 9.59 Å². The van der Waals surface area contributed by atoms with Crippen LogP contribution in [0.2, 0.25) is 0 Å². The van der Waals surface area contributed by atoms with Crippen molar-refractivity contribution in [3.8, 4) is 11.5 Å². The molecule has 2 saturated heterocycles. The second-order valence-electron chi connectivity index (χ2n) is 10.3. The van der Waals surface area contributed by atoms with Crippen molar-refractivity contribution in [3.05, 3.63) is 95.1 Å². The maximum absolute atomic E-state index is 14.4. The van der Waals surface area contributed by atoms with Gasteiger partial charge >= 0.3 is 0 Å². The van der Waals surface area contributed by atoms with Crippen LogP contribution >= 0.6 is 0 Å². The first-order valence-corrected chi connectivity index (χ1v) is 12.4. The maximum Gasteiger partial charge on any atom is 0.249 e. The van der Waals surface area contributed by atoms with Crippen LogP contribution < -0.4 is 9.47 Å². The number of hydrogen-bond donors (Lipinski definition) is 0. The van der Waals surface area contributed by atoms with Gasteiger partial charge < -0.3 is 19.3 Å². The molecule has 3 aromatic rings. The largest absolute Gasteiger partial charge is 0.497 e. The van der Waals surface area contributed by atoms with Crippen LogP contribution in [0.4, 0.5) is 0 Å². The van der Waals surface area contributed by atoms with Gasteiger partial charge in [-0.2, -0.15) is 0 Å². The third kappa shape index (κ3) is 3.31. The number of nitrogens with zero attached hydrogens (tertiary/aromatic N) is 2. The number of benzene rings is 3. The Morgan fingerprint density at radius 2 is 1.78 bits per heavy atom. The summed E-state index contributed by atoms with van der Waals surface area (Å²) in [5, 5.41) is 0. The van der Waals surface area contributed by atoms with Gasteiger partial charge in [0, 0.05) is 30.0 Å². The summed E-state index contributed by atoms with van der Waals surface area (Å²) in [7, 11) is 1.63. The van der Waals surface area contributed by atoms with Crippen LogP contribution in [0.3, 0.4) is 0 Å². The van der Waals surface area contributed by atoms with Gasteiger partial charge in [0.2, 0.25) is 11.8 Å². The summed E-state index contributed by atoms with van der Waals surface area (Å²) in [6, 6.07) is 23.8. The molecular weight excluding hydrogens is 452 g/mol. The Hall–Kier alpha value is -3.80. The van der Waals surface area contributed by atoms with Gasteiger partial charge in [0.25, 0.3) is 0 Å². The van der Waals surface area contributed by atoms with Crippen LogP contribution in [-0.4, -0.2) is 47.4 Å². The summed E-state index contributed by atoms with van der Waals surface area (Å²) in [4.78, 5) is 31.9. The molecule has 4 atom stereocenters. The Balaban J connectivity index is 1.46. The lowest BCUT2D eigenvalue weighted by Gasteiger charge is -2.47. The van der Waals surface area contributed by atoms with Crippen LogP contribution in [0.25, 0.3) is 0 Å². The molecule has 184 valence electrons. The predicted molar refractivity (Wildman–Crippen MR) is 136 cm³/mol. The molecule has 0 aromatic heterocycles. The molecular formula is C30H30N2O4. The minimum absolute atomic E-state index is 0.0130. The first kappa shape index (κ1) is 22.7. The molecule has 0 bridgehead atoms. The first-order valence-electron chi connectivity index (χ1n) is 12.4. The molecule has 0 radical (unpaired) electrons. The molecule has 2 fully saturated rings. The molecule has 3 aromatic carbocycles. The molecule has 3 aliphatic rings. The molecule has 0 spiro atoms. The highest BCUT2D eigenvalue weighted by atomic mass is 16.5. The lowest BCUT2D eigenvalue weighted by molar-refractivity contribution is -0.164. The van der Waals surface area contributed by atoms with E-state index < -0.39 is 5.54 Å². The molecule has 3 heterocycles. The third-order valence-electron chi connectivity index (χ3n) is 8.16. The molecule has 6 rings (SSSR count). The van der Waals surface area contributed by atoms with E-state index in [9.17, 15) is 9.59 Å². The summed E-state index contributed by atoms with van der Waals surface area (Å²) in [6.45, 7) is 4.90. The number of aryl methyl sites for hydroxylation is 1. The number of methoxy groups -OCH3 is 1. The summed E-state index contributed by atoms with van der Waals surface area (Å²) in [5.74, 6) is 1.14. The normalized spacial score (nSPS) is 26.7. The standard InChI is InChI=1S/C30H30N2O4/c1-19-9-11-20(12-10-19)16-31-17-26(33)32-28-23-14-13-22(35-3)15-25(23)36-18-24(28)27(30(32,2)29(31)34)21-7-5-4-6-8-21/h4-15,24,27-28H,16-18H2,1-3H3/t24?,27?,28?,30-/m1/s1. The SMILES string of the molecule is COc1ccc2c(c1)OCC1C2N2C(=O)CN(Cc3ccc(C)cc3)C(=O)[C@@]2(C)C1c1ccccc1. The number of rotatable bonds is 4. The van der Waals surface area contributed by atoms with Gasteiger partial charge in [-0.15, -0.1) is 0 Å². The minimum Gasteiger partial charge on any atom is -0.497 e. The van der Waals surface area contributed by atoms with Crippen molar-refractivity contribution in [1.29, 1.82) is 0 Å². The van der Waals surface area contributed by atoms with Gasteiger partial charge in [-0.05, 0) is 37.1 Å². The molecule has 0 saturated carbocycles. The molecule has 0 aliphatic carbocycles. The number of ether oxygens (including phenoxy) is 2. The smallest absolute Gasteiger partial charge is 0.249 e. The van der Waals surface area contributed by atoms with E-state index in [4.69, 9.17) is 9.47 Å². The summed E-state index contributed by atoms with van der Waals surface area (Å²) in [6.07, 6.45) is 0. The monoisotopic (exact) mass is 482 g/mol. The Bertz CT molecular complexity index is 1320. The zero-order valence-electron chi connectivity index (χ0n) is 20.8. The van der Waals surface area contributed by atoms with Crippen molar-refractivity contribution >= 4 is 11.8 Å². The van der Waals surface area contributed by atoms with E-state index in [1.807, 2.05) is 79.4 Å². The van der Waals surface area contributed by atoms with Crippen LogP contribution in [0.15, 0.2) is 72.8 Å². The Kier molecular flexibility index (Phi) is 5.29. The number of amides is 2. The molecule has 6 nitrogen and oxygen atoms in total. The van der Waals surface area contributed by atoms with Crippen molar-refractivity contribution in [2.75, 3.05) is 20.3 Å². The summed E-state index contributed by atoms with van der Waals surface area (Å²) < 4.78 is 11.6. The average molecular weight is 483 g/mol. The number of carbonyl (C=O) groups is 2. The van der Waals surface area contributed by atoms with E-state index in [1.165, 1.54) is 0 Å². The van der Waals surface area contributed by atoms with E-state index in [2.05, 4.69) is 12.1 Å². The zero-order valence-corrected chi connectivity index (χ0v) is 20.8. The Morgan fingerprint density at radius 1 is 1.03 bits per heavy atom. The fourth-order valence-corrected chi connectivity index (χ4v) is 6.54. The van der Waals surface area contributed by atoms with Crippen molar-refractivity contribution < 1.29 is 19.1 Å². The van der Waals surface area contributed by atoms with Crippen molar-refractivity contribution in [2.45, 2.75) is 37.9 Å². The number of carbonyl (C=O) groups excluding carboxylic acids is 2. The quantitative estimate of drug-likeness (QED) is 0.550. The van der Waals surface area contributed by atoms with Crippen molar-refractivity contribution in [1.82, 2.24) is 9.80 Å². The van der Waals surface area contributed by atoms with Crippen LogP contribution in [0.1, 0.15) is 41.1 Å². The maximum atomic E-state index is 14.4. The predicted octanol–water partition coefficient (Wildman–Crippen LogP) is 4.48. The molecule has 0 N–H and O–H groups in total. The van der Waals surface area contributed by atoms with Crippen LogP contribution in [0.5, 0.6) is 11.5 Å². The fraction of sp³-hybridized carbons (Fsp3) is 0.333. The summed E-state index contributed by atoms with van der Waals surface area (Å²) in [5.41, 5.74) is 3.14. The summed E-state index contributed by atoms with van der Waals surface area (Å²) >= 11 is 0. The Morgan fingerprint density at radius 3 is 2.50 bits per heavy atom. The van der Waals surface area contributed by atoms with E-state index in [-0.39, 0.29) is 36.2 Å². The average Bonchev–Trinajstić information content (AvgIpc) is 3.18. The van der Waals surface area contributed by atoms with E-state index in [1.54, 1.807) is 12.0 Å². The highest BCUT2D eigenvalue weighted by Gasteiger charge is 2.66. The highest BCUT2D eigenvalue weighted by molar-refractivity contribution is 6.00. The van der Waals surface area contributed by atoms with Gasteiger partial charge in [0.15, 0.2) is 0 Å². The highest BCUT2D eigenvalue weighted by Crippen LogP contribution is 2.60. The van der Waals surface area contributed by atoms with Crippen LogP contribution in [0, 0.1) is 12.8 Å². The minimum atomic E-state index is -1.03. The first-order chi connectivity index (χ1) is 17.4. The lowest BCUT2D eigenvalue weighted by Crippen LogP contribution is -2.65. The second-order valence-corrected chi connectivity index (χ2v) is 10.3. The third-order valence-corrected chi connectivity index (χ3v) is 8.16. The fourth-order valence-electron chi connectivity index (χ4n) is 6.54.